The summed E-state index contributed by atoms with van der Waals surface area (Å²) in [5, 5.41) is 0. The third-order valence-corrected chi connectivity index (χ3v) is 6.72. The van der Waals surface area contributed by atoms with Crippen LogP contribution in [0.5, 0.6) is 0 Å². The lowest BCUT2D eigenvalue weighted by Crippen LogP contribution is -2.54. The summed E-state index contributed by atoms with van der Waals surface area (Å²) in [6.07, 6.45) is 12.9. The van der Waals surface area contributed by atoms with Crippen LogP contribution in [0.2, 0.25) is 0 Å². The van der Waals surface area contributed by atoms with Crippen molar-refractivity contribution < 1.29 is 4.74 Å². The molecule has 0 aromatic carbocycles. The summed E-state index contributed by atoms with van der Waals surface area (Å²) < 4.78 is 6.20. The quantitative estimate of drug-likeness (QED) is 0.819. The van der Waals surface area contributed by atoms with Crippen molar-refractivity contribution in [3.8, 4) is 0 Å². The van der Waals surface area contributed by atoms with E-state index in [4.69, 9.17) is 10.5 Å². The SMILES string of the molecule is CC(C)C1CCC(N)(C2CCOC3(CCCC3)C2)CC1. The molecule has 3 aliphatic rings. The van der Waals surface area contributed by atoms with E-state index in [9.17, 15) is 0 Å². The van der Waals surface area contributed by atoms with Crippen molar-refractivity contribution >= 4 is 0 Å². The molecule has 2 heteroatoms. The first-order chi connectivity index (χ1) is 9.53. The molecule has 0 radical (unpaired) electrons. The molecule has 0 bridgehead atoms. The zero-order chi connectivity index (χ0) is 14.2. The van der Waals surface area contributed by atoms with Gasteiger partial charge in [0.2, 0.25) is 0 Å². The molecule has 3 rings (SSSR count). The lowest BCUT2D eigenvalue weighted by molar-refractivity contribution is -0.109. The Morgan fingerprint density at radius 1 is 1.00 bits per heavy atom. The second-order valence-electron chi connectivity index (χ2n) is 8.24. The summed E-state index contributed by atoms with van der Waals surface area (Å²) >= 11 is 0. The van der Waals surface area contributed by atoms with E-state index >= 15 is 0 Å². The third kappa shape index (κ3) is 2.78. The Balaban J connectivity index is 1.63. The molecule has 2 N–H and O–H groups in total. The summed E-state index contributed by atoms with van der Waals surface area (Å²) in [5.41, 5.74) is 7.23. The zero-order valence-electron chi connectivity index (χ0n) is 13.5. The lowest BCUT2D eigenvalue weighted by Gasteiger charge is -2.49. The van der Waals surface area contributed by atoms with Crippen LogP contribution < -0.4 is 5.73 Å². The molecule has 1 saturated heterocycles. The van der Waals surface area contributed by atoms with Crippen LogP contribution in [0.3, 0.4) is 0 Å². The fraction of sp³-hybridized carbons (Fsp3) is 1.00. The van der Waals surface area contributed by atoms with Crippen molar-refractivity contribution in [2.75, 3.05) is 6.61 Å². The van der Waals surface area contributed by atoms with E-state index in [2.05, 4.69) is 13.8 Å². The van der Waals surface area contributed by atoms with E-state index in [1.807, 2.05) is 0 Å². The van der Waals surface area contributed by atoms with Crippen molar-refractivity contribution in [1.82, 2.24) is 0 Å². The van der Waals surface area contributed by atoms with E-state index in [1.165, 1.54) is 64.2 Å². The molecule has 0 amide bonds. The second kappa shape index (κ2) is 5.61. The summed E-state index contributed by atoms with van der Waals surface area (Å²) in [6.45, 7) is 5.70. The van der Waals surface area contributed by atoms with E-state index in [0.29, 0.717) is 5.92 Å². The summed E-state index contributed by atoms with van der Waals surface area (Å²) in [6, 6.07) is 0. The highest BCUT2D eigenvalue weighted by molar-refractivity contribution is 5.01. The number of hydrogen-bond donors (Lipinski definition) is 1. The highest BCUT2D eigenvalue weighted by Crippen LogP contribution is 2.48. The summed E-state index contributed by atoms with van der Waals surface area (Å²) in [4.78, 5) is 0. The molecule has 1 unspecified atom stereocenters. The molecule has 1 heterocycles. The smallest absolute Gasteiger partial charge is 0.0685 e. The first kappa shape index (κ1) is 14.8. The average molecular weight is 279 g/mol. The van der Waals surface area contributed by atoms with Crippen LogP contribution in [0.1, 0.15) is 78.1 Å². The first-order valence-corrected chi connectivity index (χ1v) is 8.96. The van der Waals surface area contributed by atoms with Gasteiger partial charge in [-0.15, -0.1) is 0 Å². The zero-order valence-corrected chi connectivity index (χ0v) is 13.5. The maximum absolute atomic E-state index is 6.89. The Hall–Kier alpha value is -0.0800. The first-order valence-electron chi connectivity index (χ1n) is 8.96. The van der Waals surface area contributed by atoms with Gasteiger partial charge in [-0.2, -0.15) is 0 Å². The van der Waals surface area contributed by atoms with Crippen molar-refractivity contribution in [1.29, 1.82) is 0 Å². The molecule has 3 fully saturated rings. The van der Waals surface area contributed by atoms with Crippen molar-refractivity contribution in [2.45, 2.75) is 89.2 Å². The summed E-state index contributed by atoms with van der Waals surface area (Å²) in [5.74, 6) is 2.45. The molecule has 116 valence electrons. The minimum atomic E-state index is 0.116. The molecule has 20 heavy (non-hydrogen) atoms. The Kier molecular flexibility index (Phi) is 4.16. The van der Waals surface area contributed by atoms with E-state index in [-0.39, 0.29) is 11.1 Å². The number of hydrogen-bond acceptors (Lipinski definition) is 2. The number of rotatable bonds is 2. The fourth-order valence-corrected chi connectivity index (χ4v) is 5.14. The largest absolute Gasteiger partial charge is 0.375 e. The van der Waals surface area contributed by atoms with Gasteiger partial charge in [0.15, 0.2) is 0 Å². The highest BCUT2D eigenvalue weighted by Gasteiger charge is 2.47. The van der Waals surface area contributed by atoms with Gasteiger partial charge in [-0.1, -0.05) is 26.7 Å². The van der Waals surface area contributed by atoms with Gasteiger partial charge >= 0.3 is 0 Å². The van der Waals surface area contributed by atoms with Crippen LogP contribution in [0.4, 0.5) is 0 Å². The maximum atomic E-state index is 6.89. The minimum Gasteiger partial charge on any atom is -0.375 e. The van der Waals surface area contributed by atoms with Crippen LogP contribution in [0.15, 0.2) is 0 Å². The van der Waals surface area contributed by atoms with Crippen LogP contribution in [-0.2, 0) is 4.74 Å². The average Bonchev–Trinajstić information content (AvgIpc) is 2.87. The molecule has 1 atom stereocenters. The molecular formula is C18H33NO. The Bertz CT molecular complexity index is 324. The van der Waals surface area contributed by atoms with Gasteiger partial charge in [0.05, 0.1) is 5.60 Å². The summed E-state index contributed by atoms with van der Waals surface area (Å²) in [7, 11) is 0. The number of nitrogens with two attached hydrogens (primary N) is 1. The number of ether oxygens (including phenoxy) is 1. The third-order valence-electron chi connectivity index (χ3n) is 6.72. The fourth-order valence-electron chi connectivity index (χ4n) is 5.14. The van der Waals surface area contributed by atoms with Gasteiger partial charge in [-0.05, 0) is 69.1 Å². The molecule has 2 saturated carbocycles. The normalized spacial score (nSPS) is 41.4. The van der Waals surface area contributed by atoms with Crippen LogP contribution >= 0.6 is 0 Å². The monoisotopic (exact) mass is 279 g/mol. The van der Waals surface area contributed by atoms with Crippen molar-refractivity contribution in [3.63, 3.8) is 0 Å². The van der Waals surface area contributed by atoms with Crippen LogP contribution in [0.25, 0.3) is 0 Å². The molecule has 0 aromatic heterocycles. The van der Waals surface area contributed by atoms with E-state index in [0.717, 1.165) is 18.4 Å². The van der Waals surface area contributed by atoms with Gasteiger partial charge in [-0.3, -0.25) is 0 Å². The van der Waals surface area contributed by atoms with E-state index in [1.54, 1.807) is 0 Å². The maximum Gasteiger partial charge on any atom is 0.0685 e. The minimum absolute atomic E-state index is 0.116. The Labute approximate surface area is 124 Å². The predicted molar refractivity (Wildman–Crippen MR) is 83.6 cm³/mol. The molecule has 1 aliphatic heterocycles. The van der Waals surface area contributed by atoms with Gasteiger partial charge in [0.1, 0.15) is 0 Å². The topological polar surface area (TPSA) is 35.2 Å². The molecule has 0 aromatic rings. The van der Waals surface area contributed by atoms with Crippen LogP contribution in [-0.4, -0.2) is 17.7 Å². The molecule has 2 aliphatic carbocycles. The second-order valence-corrected chi connectivity index (χ2v) is 8.24. The van der Waals surface area contributed by atoms with Gasteiger partial charge in [-0.25, -0.2) is 0 Å². The van der Waals surface area contributed by atoms with Gasteiger partial charge in [0.25, 0.3) is 0 Å². The van der Waals surface area contributed by atoms with Gasteiger partial charge < -0.3 is 10.5 Å². The van der Waals surface area contributed by atoms with Crippen LogP contribution in [0, 0.1) is 17.8 Å². The lowest BCUT2D eigenvalue weighted by atomic mass is 9.64. The molecule has 2 nitrogen and oxygen atoms in total. The van der Waals surface area contributed by atoms with Crippen molar-refractivity contribution in [3.05, 3.63) is 0 Å². The van der Waals surface area contributed by atoms with E-state index < -0.39 is 0 Å². The van der Waals surface area contributed by atoms with Gasteiger partial charge in [0, 0.05) is 12.1 Å². The Morgan fingerprint density at radius 3 is 2.25 bits per heavy atom. The molecular weight excluding hydrogens is 246 g/mol. The highest BCUT2D eigenvalue weighted by atomic mass is 16.5. The van der Waals surface area contributed by atoms with Crippen molar-refractivity contribution in [2.24, 2.45) is 23.5 Å². The standard InChI is InChI=1S/C18H33NO/c1-14(2)15-5-10-18(19,11-6-15)16-7-12-20-17(13-16)8-3-4-9-17/h14-16H,3-13,19H2,1-2H3. The Morgan fingerprint density at radius 2 is 1.65 bits per heavy atom. The molecule has 1 spiro atoms. The predicted octanol–water partition coefficient (Wildman–Crippen LogP) is 4.27.